The number of thioether (sulfide) groups is 1. The van der Waals surface area contributed by atoms with Gasteiger partial charge in [-0.25, -0.2) is 9.78 Å². The Kier molecular flexibility index (Phi) is 7.21. The van der Waals surface area contributed by atoms with Gasteiger partial charge in [0, 0.05) is 17.2 Å². The summed E-state index contributed by atoms with van der Waals surface area (Å²) in [6, 6.07) is 0.107. The molecule has 1 saturated heterocycles. The highest BCUT2D eigenvalue weighted by molar-refractivity contribution is 8.00. The largest absolute Gasteiger partial charge is 0.503 e. The molecule has 5 N–H and O–H groups in total. The van der Waals surface area contributed by atoms with Crippen LogP contribution < -0.4 is 21.3 Å². The number of fused-ring (bicyclic) bond motifs is 1. The van der Waals surface area contributed by atoms with E-state index in [9.17, 15) is 29.4 Å². The van der Waals surface area contributed by atoms with E-state index in [0.717, 1.165) is 33.2 Å². The molecule has 194 valence electrons. The second-order valence-corrected chi connectivity index (χ2v) is 9.52. The highest BCUT2D eigenvalue weighted by atomic mass is 32.2. The summed E-state index contributed by atoms with van der Waals surface area (Å²) in [7, 11) is 2.57. The standard InChI is InChI=1S/C21H20N6O8S2/c1-34-25-14(11-8-37-21(22)23-11)17(30)24-15-18(31)27-16(20(32)33)9(7-36-19(15)27)3-4-10-5-12(28)13(29)6-26(10)35-2/h3-6,8,15,19,29H,7H2,1-2H3,(H2,22,23)(H,24,30)(H,32,33)/b4-3?,25-14-/t15-,19-/m1/s1. The Labute approximate surface area is 216 Å². The van der Waals surface area contributed by atoms with Crippen LogP contribution in [0.1, 0.15) is 11.4 Å². The molecule has 2 aromatic heterocycles. The summed E-state index contributed by atoms with van der Waals surface area (Å²) in [6.45, 7) is 0. The Morgan fingerprint density at radius 2 is 2.08 bits per heavy atom. The third kappa shape index (κ3) is 4.88. The Morgan fingerprint density at radius 3 is 2.70 bits per heavy atom. The molecule has 0 aliphatic carbocycles. The van der Waals surface area contributed by atoms with Crippen LogP contribution in [0, 0.1) is 0 Å². The summed E-state index contributed by atoms with van der Waals surface area (Å²) < 4.78 is 1.13. The van der Waals surface area contributed by atoms with E-state index in [0.29, 0.717) is 5.57 Å². The molecule has 16 heteroatoms. The number of rotatable bonds is 8. The third-order valence-corrected chi connectivity index (χ3v) is 7.30. The van der Waals surface area contributed by atoms with Gasteiger partial charge in [-0.1, -0.05) is 11.2 Å². The highest BCUT2D eigenvalue weighted by Gasteiger charge is 2.54. The van der Waals surface area contributed by atoms with E-state index in [2.05, 4.69) is 15.5 Å². The van der Waals surface area contributed by atoms with Crippen molar-refractivity contribution in [1.29, 1.82) is 0 Å². The number of thiazole rings is 1. The second-order valence-electron chi connectivity index (χ2n) is 7.52. The number of carboxylic acid groups (broad SMARTS) is 1. The van der Waals surface area contributed by atoms with Gasteiger partial charge in [-0.3, -0.25) is 19.3 Å². The number of pyridine rings is 1. The number of nitrogens with two attached hydrogens (primary N) is 1. The first-order valence-corrected chi connectivity index (χ1v) is 12.3. The number of carboxylic acids is 1. The molecule has 4 rings (SSSR count). The number of carbonyl (C=O) groups is 3. The van der Waals surface area contributed by atoms with E-state index in [1.54, 1.807) is 0 Å². The fourth-order valence-electron chi connectivity index (χ4n) is 3.66. The zero-order chi connectivity index (χ0) is 26.9. The number of amides is 2. The van der Waals surface area contributed by atoms with Gasteiger partial charge in [0.1, 0.15) is 37.0 Å². The average Bonchev–Trinajstić information content (AvgIpc) is 3.30. The predicted octanol–water partition coefficient (Wildman–Crippen LogP) is -0.546. The van der Waals surface area contributed by atoms with Crippen LogP contribution in [0.3, 0.4) is 0 Å². The number of aliphatic carboxylic acids is 1. The zero-order valence-corrected chi connectivity index (χ0v) is 20.9. The SMILES string of the molecule is CO/N=C(\C(=O)N[C@@H]1C(=O)N2C(C(=O)O)=C(C=Cc3cc(=O)c(O)cn3OC)CS[C@H]12)c1csc(N)n1. The van der Waals surface area contributed by atoms with Crippen LogP contribution in [0.5, 0.6) is 5.75 Å². The molecule has 37 heavy (non-hydrogen) atoms. The van der Waals surface area contributed by atoms with Crippen molar-refractivity contribution in [3.63, 3.8) is 0 Å². The summed E-state index contributed by atoms with van der Waals surface area (Å²) >= 11 is 2.34. The monoisotopic (exact) mass is 548 g/mol. The van der Waals surface area contributed by atoms with Crippen molar-refractivity contribution in [3.05, 3.63) is 56.6 Å². The second kappa shape index (κ2) is 10.4. The molecule has 0 bridgehead atoms. The van der Waals surface area contributed by atoms with E-state index < -0.39 is 40.4 Å². The van der Waals surface area contributed by atoms with Crippen molar-refractivity contribution in [2.45, 2.75) is 11.4 Å². The number of anilines is 1. The van der Waals surface area contributed by atoms with Gasteiger partial charge in [0.05, 0.1) is 11.9 Å². The number of allylic oxidation sites excluding steroid dienone is 1. The number of carbonyl (C=O) groups excluding carboxylic acids is 2. The third-order valence-electron chi connectivity index (χ3n) is 5.33. The van der Waals surface area contributed by atoms with Gasteiger partial charge in [0.2, 0.25) is 5.43 Å². The normalized spacial score (nSPS) is 19.5. The quantitative estimate of drug-likeness (QED) is 0.188. The number of hydrogen-bond donors (Lipinski definition) is 4. The van der Waals surface area contributed by atoms with Crippen LogP contribution in [0.2, 0.25) is 0 Å². The Morgan fingerprint density at radius 1 is 1.32 bits per heavy atom. The van der Waals surface area contributed by atoms with Crippen molar-refractivity contribution < 1.29 is 34.3 Å². The van der Waals surface area contributed by atoms with E-state index in [4.69, 9.17) is 15.4 Å². The van der Waals surface area contributed by atoms with Crippen molar-refractivity contribution in [1.82, 2.24) is 19.9 Å². The fourth-order valence-corrected chi connectivity index (χ4v) is 5.53. The molecule has 14 nitrogen and oxygen atoms in total. The lowest BCUT2D eigenvalue weighted by Crippen LogP contribution is -2.71. The lowest BCUT2D eigenvalue weighted by atomic mass is 10.0. The molecule has 0 saturated carbocycles. The van der Waals surface area contributed by atoms with Gasteiger partial charge in [-0.15, -0.1) is 23.1 Å². The summed E-state index contributed by atoms with van der Waals surface area (Å²) in [5, 5.41) is 26.7. The Bertz CT molecular complexity index is 1430. The number of oxime groups is 1. The van der Waals surface area contributed by atoms with E-state index in [-0.39, 0.29) is 33.7 Å². The molecule has 0 spiro atoms. The molecule has 4 heterocycles. The Balaban J connectivity index is 1.57. The van der Waals surface area contributed by atoms with Gasteiger partial charge < -0.3 is 30.9 Å². The lowest BCUT2D eigenvalue weighted by molar-refractivity contribution is -0.150. The number of aromatic nitrogens is 2. The molecule has 2 aliphatic heterocycles. The first kappa shape index (κ1) is 25.8. The minimum atomic E-state index is -1.34. The summed E-state index contributed by atoms with van der Waals surface area (Å²) in [6.07, 6.45) is 3.96. The number of nitrogens with one attached hydrogen (secondary N) is 1. The molecular weight excluding hydrogens is 528 g/mol. The van der Waals surface area contributed by atoms with Crippen LogP contribution in [-0.2, 0) is 19.2 Å². The fraction of sp³-hybridized carbons (Fsp3) is 0.238. The predicted molar refractivity (Wildman–Crippen MR) is 134 cm³/mol. The minimum absolute atomic E-state index is 0.170. The molecule has 2 atom stereocenters. The number of β-lactam (4-membered cyclic amide) rings is 1. The molecule has 1 fully saturated rings. The highest BCUT2D eigenvalue weighted by Crippen LogP contribution is 2.40. The number of nitrogen functional groups attached to an aromatic ring is 1. The maximum atomic E-state index is 12.9. The average molecular weight is 549 g/mol. The lowest BCUT2D eigenvalue weighted by Gasteiger charge is -2.49. The maximum absolute atomic E-state index is 12.9. The topological polar surface area (TPSA) is 199 Å². The molecule has 2 aromatic rings. The molecule has 0 aromatic carbocycles. The van der Waals surface area contributed by atoms with Crippen molar-refractivity contribution >= 4 is 57.8 Å². The van der Waals surface area contributed by atoms with Gasteiger partial charge >= 0.3 is 5.97 Å². The molecule has 2 amide bonds. The van der Waals surface area contributed by atoms with Gasteiger partial charge in [-0.2, -0.15) is 4.73 Å². The first-order valence-electron chi connectivity index (χ1n) is 10.4. The minimum Gasteiger partial charge on any atom is -0.503 e. The van der Waals surface area contributed by atoms with Crippen molar-refractivity contribution in [2.24, 2.45) is 5.16 Å². The van der Waals surface area contributed by atoms with Crippen LogP contribution >= 0.6 is 23.1 Å². The molecular formula is C21H20N6O8S2. The van der Waals surface area contributed by atoms with Crippen LogP contribution in [0.4, 0.5) is 5.13 Å². The van der Waals surface area contributed by atoms with Crippen LogP contribution in [0.25, 0.3) is 6.08 Å². The zero-order valence-electron chi connectivity index (χ0n) is 19.3. The van der Waals surface area contributed by atoms with Gasteiger partial charge in [0.25, 0.3) is 11.8 Å². The number of hydrogen-bond acceptors (Lipinski definition) is 12. The summed E-state index contributed by atoms with van der Waals surface area (Å²) in [4.78, 5) is 64.6. The van der Waals surface area contributed by atoms with Gasteiger partial charge in [-0.05, 0) is 11.6 Å². The number of aromatic hydroxyl groups is 1. The molecule has 0 radical (unpaired) electrons. The van der Waals surface area contributed by atoms with Crippen LogP contribution in [-0.4, -0.2) is 79.7 Å². The van der Waals surface area contributed by atoms with Gasteiger partial charge in [0.15, 0.2) is 16.6 Å². The summed E-state index contributed by atoms with van der Waals surface area (Å²) in [5.41, 5.74) is 5.25. The van der Waals surface area contributed by atoms with Crippen molar-refractivity contribution in [3.8, 4) is 5.75 Å². The van der Waals surface area contributed by atoms with E-state index in [1.807, 2.05) is 0 Å². The molecule has 0 unspecified atom stereocenters. The van der Waals surface area contributed by atoms with Crippen molar-refractivity contribution in [2.75, 3.05) is 25.7 Å². The maximum Gasteiger partial charge on any atom is 0.352 e. The summed E-state index contributed by atoms with van der Waals surface area (Å²) in [5.74, 6) is -3.02. The van der Waals surface area contributed by atoms with E-state index >= 15 is 0 Å². The molecule has 2 aliphatic rings. The van der Waals surface area contributed by atoms with Crippen LogP contribution in [0.15, 0.2) is 44.9 Å². The van der Waals surface area contributed by atoms with E-state index in [1.165, 1.54) is 43.5 Å². The smallest absolute Gasteiger partial charge is 0.352 e. The first-order chi connectivity index (χ1) is 17.7. The number of nitrogens with zero attached hydrogens (tertiary/aromatic N) is 4. The Hall–Kier alpha value is -4.31.